The number of fused-ring (bicyclic) bond motifs is 1. The molecule has 0 saturated heterocycles. The molecular weight excluding hydrogens is 270 g/mol. The number of pyridine rings is 1. The molecule has 4 heteroatoms. The first-order valence-corrected chi connectivity index (χ1v) is 5.56. The standard InChI is InChI=1S/C12H10BrNO2/c1-7-3-4-9(13)11-10(7)8(5-6-14-11)12(15)16-2/h3-6H,1-2H3. The van der Waals surface area contributed by atoms with Crippen LogP contribution in [0.1, 0.15) is 15.9 Å². The molecule has 0 aliphatic heterocycles. The molecule has 0 aliphatic rings. The maximum Gasteiger partial charge on any atom is 0.338 e. The molecule has 0 N–H and O–H groups in total. The zero-order valence-corrected chi connectivity index (χ0v) is 10.5. The molecule has 0 atom stereocenters. The second kappa shape index (κ2) is 4.22. The summed E-state index contributed by atoms with van der Waals surface area (Å²) < 4.78 is 5.63. The van der Waals surface area contributed by atoms with Gasteiger partial charge in [0, 0.05) is 16.1 Å². The zero-order valence-electron chi connectivity index (χ0n) is 8.95. The Labute approximate surface area is 102 Å². The third-order valence-corrected chi connectivity index (χ3v) is 3.10. The van der Waals surface area contributed by atoms with Gasteiger partial charge in [0.1, 0.15) is 0 Å². The number of ether oxygens (including phenoxy) is 1. The van der Waals surface area contributed by atoms with Gasteiger partial charge in [-0.15, -0.1) is 0 Å². The lowest BCUT2D eigenvalue weighted by atomic mass is 10.0. The number of aryl methyl sites for hydroxylation is 1. The van der Waals surface area contributed by atoms with Gasteiger partial charge in [-0.2, -0.15) is 0 Å². The Hall–Kier alpha value is -1.42. The van der Waals surface area contributed by atoms with Gasteiger partial charge in [0.15, 0.2) is 0 Å². The quantitative estimate of drug-likeness (QED) is 0.753. The highest BCUT2D eigenvalue weighted by Crippen LogP contribution is 2.27. The first-order chi connectivity index (χ1) is 7.65. The fourth-order valence-corrected chi connectivity index (χ4v) is 2.12. The smallest absolute Gasteiger partial charge is 0.338 e. The van der Waals surface area contributed by atoms with E-state index in [-0.39, 0.29) is 5.97 Å². The summed E-state index contributed by atoms with van der Waals surface area (Å²) in [6.45, 7) is 1.95. The number of halogens is 1. The number of nitrogens with zero attached hydrogens (tertiary/aromatic N) is 1. The summed E-state index contributed by atoms with van der Waals surface area (Å²) in [6.07, 6.45) is 1.61. The van der Waals surface area contributed by atoms with Crippen LogP contribution in [-0.2, 0) is 4.74 Å². The van der Waals surface area contributed by atoms with Crippen LogP contribution in [0.4, 0.5) is 0 Å². The molecule has 0 saturated carbocycles. The Morgan fingerprint density at radius 3 is 2.81 bits per heavy atom. The lowest BCUT2D eigenvalue weighted by Crippen LogP contribution is -2.03. The minimum absolute atomic E-state index is 0.339. The van der Waals surface area contributed by atoms with Gasteiger partial charge in [0.25, 0.3) is 0 Å². The molecule has 0 bridgehead atoms. The van der Waals surface area contributed by atoms with Gasteiger partial charge in [-0.05, 0) is 40.5 Å². The number of rotatable bonds is 1. The van der Waals surface area contributed by atoms with Crippen molar-refractivity contribution in [3.05, 3.63) is 40.0 Å². The number of hydrogen-bond acceptors (Lipinski definition) is 3. The van der Waals surface area contributed by atoms with Crippen LogP contribution in [0.25, 0.3) is 10.9 Å². The second-order valence-corrected chi connectivity index (χ2v) is 4.29. The van der Waals surface area contributed by atoms with Crippen molar-refractivity contribution in [2.75, 3.05) is 7.11 Å². The third kappa shape index (κ3) is 1.69. The normalized spacial score (nSPS) is 10.4. The first-order valence-electron chi connectivity index (χ1n) is 4.77. The summed E-state index contributed by atoms with van der Waals surface area (Å²) in [5.74, 6) is -0.339. The van der Waals surface area contributed by atoms with E-state index >= 15 is 0 Å². The van der Waals surface area contributed by atoms with Crippen molar-refractivity contribution < 1.29 is 9.53 Å². The van der Waals surface area contributed by atoms with Crippen LogP contribution in [-0.4, -0.2) is 18.1 Å². The summed E-state index contributed by atoms with van der Waals surface area (Å²) >= 11 is 3.42. The number of methoxy groups -OCH3 is 1. The van der Waals surface area contributed by atoms with Gasteiger partial charge in [0.05, 0.1) is 18.2 Å². The molecule has 0 radical (unpaired) electrons. The largest absolute Gasteiger partial charge is 0.465 e. The van der Waals surface area contributed by atoms with Gasteiger partial charge in [-0.25, -0.2) is 4.79 Å². The predicted molar refractivity (Wildman–Crippen MR) is 65.5 cm³/mol. The number of aromatic nitrogens is 1. The number of carbonyl (C=O) groups is 1. The average molecular weight is 280 g/mol. The maximum absolute atomic E-state index is 11.6. The van der Waals surface area contributed by atoms with Crippen molar-refractivity contribution in [2.24, 2.45) is 0 Å². The Morgan fingerprint density at radius 2 is 2.12 bits per heavy atom. The predicted octanol–water partition coefficient (Wildman–Crippen LogP) is 3.09. The van der Waals surface area contributed by atoms with Gasteiger partial charge in [-0.3, -0.25) is 4.98 Å². The highest BCUT2D eigenvalue weighted by atomic mass is 79.9. The minimum Gasteiger partial charge on any atom is -0.465 e. The fourth-order valence-electron chi connectivity index (χ4n) is 1.68. The van der Waals surface area contributed by atoms with E-state index in [2.05, 4.69) is 20.9 Å². The molecule has 3 nitrogen and oxygen atoms in total. The van der Waals surface area contributed by atoms with E-state index in [4.69, 9.17) is 4.74 Å². The van der Waals surface area contributed by atoms with Gasteiger partial charge in [0.2, 0.25) is 0 Å². The van der Waals surface area contributed by atoms with E-state index in [9.17, 15) is 4.79 Å². The maximum atomic E-state index is 11.6. The van der Waals surface area contributed by atoms with Crippen LogP contribution in [0.5, 0.6) is 0 Å². The van der Waals surface area contributed by atoms with E-state index in [1.54, 1.807) is 12.3 Å². The first kappa shape index (κ1) is 11.1. The van der Waals surface area contributed by atoms with Crippen molar-refractivity contribution in [3.8, 4) is 0 Å². The third-order valence-electron chi connectivity index (χ3n) is 2.46. The van der Waals surface area contributed by atoms with Crippen LogP contribution >= 0.6 is 15.9 Å². The van der Waals surface area contributed by atoms with E-state index in [0.29, 0.717) is 5.56 Å². The summed E-state index contributed by atoms with van der Waals surface area (Å²) in [5.41, 5.74) is 2.33. The van der Waals surface area contributed by atoms with Crippen molar-refractivity contribution in [2.45, 2.75) is 6.92 Å². The van der Waals surface area contributed by atoms with Gasteiger partial charge < -0.3 is 4.74 Å². The van der Waals surface area contributed by atoms with Crippen molar-refractivity contribution in [3.63, 3.8) is 0 Å². The molecule has 2 aromatic rings. The molecule has 0 fully saturated rings. The Balaban J connectivity index is 2.86. The topological polar surface area (TPSA) is 39.2 Å². The Kier molecular flexibility index (Phi) is 2.92. The molecule has 1 aromatic carbocycles. The summed E-state index contributed by atoms with van der Waals surface area (Å²) in [4.78, 5) is 15.9. The second-order valence-electron chi connectivity index (χ2n) is 3.44. The number of esters is 1. The molecule has 1 aromatic heterocycles. The molecule has 82 valence electrons. The molecular formula is C12H10BrNO2. The van der Waals surface area contributed by atoms with Crippen molar-refractivity contribution in [1.29, 1.82) is 0 Å². The lowest BCUT2D eigenvalue weighted by Gasteiger charge is -2.08. The monoisotopic (exact) mass is 279 g/mol. The molecule has 0 amide bonds. The van der Waals surface area contributed by atoms with Crippen LogP contribution in [0.3, 0.4) is 0 Å². The van der Waals surface area contributed by atoms with Gasteiger partial charge >= 0.3 is 5.97 Å². The summed E-state index contributed by atoms with van der Waals surface area (Å²) in [7, 11) is 1.38. The van der Waals surface area contributed by atoms with E-state index in [0.717, 1.165) is 20.9 Å². The number of benzene rings is 1. The van der Waals surface area contributed by atoms with Crippen LogP contribution < -0.4 is 0 Å². The Morgan fingerprint density at radius 1 is 1.38 bits per heavy atom. The molecule has 1 heterocycles. The molecule has 16 heavy (non-hydrogen) atoms. The molecule has 0 aliphatic carbocycles. The zero-order chi connectivity index (χ0) is 11.7. The molecule has 2 rings (SSSR count). The summed E-state index contributed by atoms with van der Waals surface area (Å²) in [6, 6.07) is 5.54. The van der Waals surface area contributed by atoms with Gasteiger partial charge in [-0.1, -0.05) is 6.07 Å². The van der Waals surface area contributed by atoms with Crippen LogP contribution in [0.15, 0.2) is 28.9 Å². The SMILES string of the molecule is COC(=O)c1ccnc2c(Br)ccc(C)c12. The average Bonchev–Trinajstić information content (AvgIpc) is 2.32. The lowest BCUT2D eigenvalue weighted by molar-refractivity contribution is 0.0603. The molecule has 0 spiro atoms. The van der Waals surface area contributed by atoms with E-state index in [1.807, 2.05) is 19.1 Å². The highest BCUT2D eigenvalue weighted by Gasteiger charge is 2.13. The minimum atomic E-state index is -0.339. The fraction of sp³-hybridized carbons (Fsp3) is 0.167. The van der Waals surface area contributed by atoms with E-state index < -0.39 is 0 Å². The Bertz CT molecular complexity index is 566. The molecule has 0 unspecified atom stereocenters. The van der Waals surface area contributed by atoms with Crippen LogP contribution in [0.2, 0.25) is 0 Å². The van der Waals surface area contributed by atoms with Crippen LogP contribution in [0, 0.1) is 6.92 Å². The number of carbonyl (C=O) groups excluding carboxylic acids is 1. The highest BCUT2D eigenvalue weighted by molar-refractivity contribution is 9.10. The van der Waals surface area contributed by atoms with Crippen molar-refractivity contribution >= 4 is 32.8 Å². The number of hydrogen-bond donors (Lipinski definition) is 0. The summed E-state index contributed by atoms with van der Waals surface area (Å²) in [5, 5.41) is 0.837. The van der Waals surface area contributed by atoms with Crippen molar-refractivity contribution in [1.82, 2.24) is 4.98 Å². The van der Waals surface area contributed by atoms with E-state index in [1.165, 1.54) is 7.11 Å².